The monoisotopic (exact) mass is 231 g/mol. The van der Waals surface area contributed by atoms with Crippen molar-refractivity contribution in [3.63, 3.8) is 0 Å². The Balaban J connectivity index is 4.02. The van der Waals surface area contributed by atoms with Crippen molar-refractivity contribution in [1.82, 2.24) is 4.72 Å². The van der Waals surface area contributed by atoms with Gasteiger partial charge in [0, 0.05) is 12.4 Å². The first-order valence-corrected chi connectivity index (χ1v) is 5.88. The molecule has 0 aliphatic rings. The van der Waals surface area contributed by atoms with Crippen LogP contribution >= 0.6 is 11.6 Å². The summed E-state index contributed by atoms with van der Waals surface area (Å²) >= 11 is 5.24. The van der Waals surface area contributed by atoms with Crippen molar-refractivity contribution in [2.45, 2.75) is 12.5 Å². The predicted molar refractivity (Wildman–Crippen MR) is 50.2 cm³/mol. The molecule has 0 aliphatic carbocycles. The van der Waals surface area contributed by atoms with Crippen molar-refractivity contribution in [2.24, 2.45) is 0 Å². The summed E-state index contributed by atoms with van der Waals surface area (Å²) in [7, 11) is -3.43. The quantitative estimate of drug-likeness (QED) is 0.506. The molecule has 0 radical (unpaired) electrons. The molecule has 1 atom stereocenters. The number of hydrogen-bond acceptors (Lipinski definition) is 4. The van der Waals surface area contributed by atoms with Crippen molar-refractivity contribution in [1.29, 1.82) is 0 Å². The molecular weight excluding hydrogens is 218 g/mol. The van der Waals surface area contributed by atoms with Crippen molar-refractivity contribution in [3.8, 4) is 0 Å². The number of aliphatic hydroxyl groups excluding tert-OH is 1. The number of hydrogen-bond donors (Lipinski definition) is 3. The zero-order valence-electron chi connectivity index (χ0n) is 7.33. The van der Waals surface area contributed by atoms with E-state index in [2.05, 4.69) is 4.72 Å². The molecule has 0 aromatic carbocycles. The van der Waals surface area contributed by atoms with Gasteiger partial charge in [-0.25, -0.2) is 13.1 Å². The fraction of sp³-hybridized carbons (Fsp3) is 1.00. The van der Waals surface area contributed by atoms with E-state index < -0.39 is 22.2 Å². The third-order valence-corrected chi connectivity index (χ3v) is 3.10. The highest BCUT2D eigenvalue weighted by Crippen LogP contribution is 2.00. The molecule has 0 bridgehead atoms. The van der Waals surface area contributed by atoms with Gasteiger partial charge in [-0.15, -0.1) is 11.6 Å². The molecule has 1 unspecified atom stereocenters. The average molecular weight is 232 g/mol. The molecule has 0 spiro atoms. The molecule has 0 rings (SSSR count). The molecule has 0 saturated carbocycles. The molecule has 0 aromatic heterocycles. The summed E-state index contributed by atoms with van der Waals surface area (Å²) in [5, 5.41) is 17.9. The number of alkyl halides is 1. The van der Waals surface area contributed by atoms with Gasteiger partial charge in [-0.05, 0) is 6.92 Å². The molecule has 3 N–H and O–H groups in total. The lowest BCUT2D eigenvalue weighted by Crippen LogP contribution is -2.44. The summed E-state index contributed by atoms with van der Waals surface area (Å²) in [4.78, 5) is 0. The summed E-state index contributed by atoms with van der Waals surface area (Å²) in [6, 6.07) is 0. The van der Waals surface area contributed by atoms with E-state index >= 15 is 0 Å². The third kappa shape index (κ3) is 6.23. The van der Waals surface area contributed by atoms with Crippen LogP contribution in [0.15, 0.2) is 0 Å². The normalized spacial score (nSPS) is 16.9. The summed E-state index contributed by atoms with van der Waals surface area (Å²) in [6.07, 6.45) is 0. The van der Waals surface area contributed by atoms with Crippen molar-refractivity contribution < 1.29 is 18.6 Å². The maximum Gasteiger partial charge on any atom is 0.212 e. The van der Waals surface area contributed by atoms with E-state index in [0.717, 1.165) is 0 Å². The minimum absolute atomic E-state index is 0.00337. The van der Waals surface area contributed by atoms with Crippen LogP contribution in [-0.2, 0) is 10.0 Å². The molecule has 0 saturated heterocycles. The van der Waals surface area contributed by atoms with Crippen LogP contribution < -0.4 is 4.72 Å². The Morgan fingerprint density at radius 2 is 2.08 bits per heavy atom. The van der Waals surface area contributed by atoms with Gasteiger partial charge in [0.05, 0.1) is 18.0 Å². The molecule has 0 fully saturated rings. The van der Waals surface area contributed by atoms with E-state index in [1.54, 1.807) is 0 Å². The van der Waals surface area contributed by atoms with E-state index in [1.165, 1.54) is 6.92 Å². The Morgan fingerprint density at radius 3 is 2.46 bits per heavy atom. The molecule has 13 heavy (non-hydrogen) atoms. The fourth-order valence-electron chi connectivity index (χ4n) is 0.495. The van der Waals surface area contributed by atoms with Crippen LogP contribution in [0.25, 0.3) is 0 Å². The molecule has 5 nitrogen and oxygen atoms in total. The first-order valence-electron chi connectivity index (χ1n) is 3.69. The molecule has 0 aromatic rings. The molecule has 0 amide bonds. The van der Waals surface area contributed by atoms with Crippen LogP contribution in [0.2, 0.25) is 0 Å². The number of rotatable bonds is 6. The van der Waals surface area contributed by atoms with Gasteiger partial charge in [0.1, 0.15) is 0 Å². The first-order chi connectivity index (χ1) is 5.83. The van der Waals surface area contributed by atoms with Gasteiger partial charge in [-0.3, -0.25) is 0 Å². The maximum absolute atomic E-state index is 11.0. The third-order valence-electron chi connectivity index (χ3n) is 1.36. The topological polar surface area (TPSA) is 86.6 Å². The number of sulfonamides is 1. The standard InChI is InChI=1S/C6H14ClNO4S/c1-6(10,5-9)4-8-13(11,12)3-2-7/h8-10H,2-5H2,1H3. The van der Waals surface area contributed by atoms with Crippen LogP contribution in [0.3, 0.4) is 0 Å². The SMILES string of the molecule is CC(O)(CO)CNS(=O)(=O)CCCl. The lowest BCUT2D eigenvalue weighted by atomic mass is 10.1. The number of halogens is 1. The molecular formula is C6H14ClNO4S. The highest BCUT2D eigenvalue weighted by Gasteiger charge is 2.21. The lowest BCUT2D eigenvalue weighted by Gasteiger charge is -2.20. The van der Waals surface area contributed by atoms with Gasteiger partial charge in [-0.1, -0.05) is 0 Å². The summed E-state index contributed by atoms with van der Waals surface area (Å²) < 4.78 is 24.1. The second kappa shape index (κ2) is 5.11. The average Bonchev–Trinajstić information content (AvgIpc) is 2.02. The maximum atomic E-state index is 11.0. The van der Waals surface area contributed by atoms with Gasteiger partial charge in [0.15, 0.2) is 0 Å². The second-order valence-corrected chi connectivity index (χ2v) is 5.29. The Labute approximate surface area is 82.8 Å². The number of aliphatic hydroxyl groups is 2. The minimum atomic E-state index is -3.43. The zero-order valence-corrected chi connectivity index (χ0v) is 8.90. The molecule has 0 aliphatic heterocycles. The highest BCUT2D eigenvalue weighted by molar-refractivity contribution is 7.89. The molecule has 7 heteroatoms. The Hall–Kier alpha value is 0.120. The minimum Gasteiger partial charge on any atom is -0.393 e. The van der Waals surface area contributed by atoms with Crippen molar-refractivity contribution in [2.75, 3.05) is 24.8 Å². The van der Waals surface area contributed by atoms with E-state index in [4.69, 9.17) is 16.7 Å². The van der Waals surface area contributed by atoms with E-state index in [0.29, 0.717) is 0 Å². The van der Waals surface area contributed by atoms with Crippen LogP contribution in [0, 0.1) is 0 Å². The van der Waals surface area contributed by atoms with E-state index in [9.17, 15) is 13.5 Å². The molecule has 0 heterocycles. The van der Waals surface area contributed by atoms with Crippen molar-refractivity contribution in [3.05, 3.63) is 0 Å². The van der Waals surface area contributed by atoms with Crippen molar-refractivity contribution >= 4 is 21.6 Å². The van der Waals surface area contributed by atoms with Gasteiger partial charge < -0.3 is 10.2 Å². The van der Waals surface area contributed by atoms with Gasteiger partial charge in [0.25, 0.3) is 0 Å². The summed E-state index contributed by atoms with van der Waals surface area (Å²) in [6.45, 7) is 0.606. The van der Waals surface area contributed by atoms with E-state index in [1.807, 2.05) is 0 Å². The first kappa shape index (κ1) is 13.1. The van der Waals surface area contributed by atoms with E-state index in [-0.39, 0.29) is 18.2 Å². The Kier molecular flexibility index (Phi) is 5.16. The summed E-state index contributed by atoms with van der Waals surface area (Å²) in [5.74, 6) is -0.202. The number of nitrogens with one attached hydrogen (secondary N) is 1. The Bertz CT molecular complexity index is 239. The fourth-order valence-corrected chi connectivity index (χ4v) is 1.98. The lowest BCUT2D eigenvalue weighted by molar-refractivity contribution is 0.00682. The smallest absolute Gasteiger partial charge is 0.212 e. The largest absolute Gasteiger partial charge is 0.393 e. The zero-order chi connectivity index (χ0) is 10.5. The van der Waals surface area contributed by atoms with Crippen LogP contribution in [0.5, 0.6) is 0 Å². The molecule has 80 valence electrons. The predicted octanol–water partition coefficient (Wildman–Crippen LogP) is -1.11. The summed E-state index contributed by atoms with van der Waals surface area (Å²) in [5.41, 5.74) is -1.43. The van der Waals surface area contributed by atoms with Crippen LogP contribution in [-0.4, -0.2) is 49.0 Å². The van der Waals surface area contributed by atoms with Crippen LogP contribution in [0.1, 0.15) is 6.92 Å². The van der Waals surface area contributed by atoms with Crippen LogP contribution in [0.4, 0.5) is 0 Å². The second-order valence-electron chi connectivity index (χ2n) is 2.98. The van der Waals surface area contributed by atoms with Gasteiger partial charge >= 0.3 is 0 Å². The van der Waals surface area contributed by atoms with Gasteiger partial charge in [-0.2, -0.15) is 0 Å². The Morgan fingerprint density at radius 1 is 1.54 bits per heavy atom. The highest BCUT2D eigenvalue weighted by atomic mass is 35.5. The van der Waals surface area contributed by atoms with Gasteiger partial charge in [0.2, 0.25) is 10.0 Å².